The SMILES string of the molecule is COc1ccc(CC[C@@H](C)NCC2CCCCC2)cc1. The van der Waals surface area contributed by atoms with Crippen LogP contribution in [0.5, 0.6) is 5.75 Å². The molecule has 1 aromatic carbocycles. The third-order valence-electron chi connectivity index (χ3n) is 4.50. The lowest BCUT2D eigenvalue weighted by Gasteiger charge is -2.24. The lowest BCUT2D eigenvalue weighted by atomic mass is 9.89. The van der Waals surface area contributed by atoms with E-state index < -0.39 is 0 Å². The number of hydrogen-bond acceptors (Lipinski definition) is 2. The molecule has 20 heavy (non-hydrogen) atoms. The molecule has 1 aromatic rings. The van der Waals surface area contributed by atoms with E-state index in [2.05, 4.69) is 36.5 Å². The highest BCUT2D eigenvalue weighted by molar-refractivity contribution is 5.27. The van der Waals surface area contributed by atoms with Gasteiger partial charge in [-0.1, -0.05) is 31.4 Å². The first-order valence-corrected chi connectivity index (χ1v) is 8.14. The lowest BCUT2D eigenvalue weighted by Crippen LogP contribution is -2.32. The van der Waals surface area contributed by atoms with Gasteiger partial charge in [0, 0.05) is 6.04 Å². The van der Waals surface area contributed by atoms with Crippen LogP contribution in [0.2, 0.25) is 0 Å². The van der Waals surface area contributed by atoms with Gasteiger partial charge >= 0.3 is 0 Å². The Hall–Kier alpha value is -1.02. The summed E-state index contributed by atoms with van der Waals surface area (Å²) in [5.41, 5.74) is 1.40. The molecule has 112 valence electrons. The van der Waals surface area contributed by atoms with Crippen molar-refractivity contribution in [2.75, 3.05) is 13.7 Å². The van der Waals surface area contributed by atoms with E-state index in [4.69, 9.17) is 4.74 Å². The number of benzene rings is 1. The summed E-state index contributed by atoms with van der Waals surface area (Å²) in [5, 5.41) is 3.72. The second-order valence-corrected chi connectivity index (χ2v) is 6.20. The first-order chi connectivity index (χ1) is 9.78. The van der Waals surface area contributed by atoms with Crippen molar-refractivity contribution in [3.63, 3.8) is 0 Å². The Morgan fingerprint density at radius 3 is 2.50 bits per heavy atom. The van der Waals surface area contributed by atoms with E-state index in [0.717, 1.165) is 18.1 Å². The summed E-state index contributed by atoms with van der Waals surface area (Å²) in [6.45, 7) is 3.52. The fourth-order valence-electron chi connectivity index (χ4n) is 3.04. The second-order valence-electron chi connectivity index (χ2n) is 6.20. The normalized spacial score (nSPS) is 17.9. The van der Waals surface area contributed by atoms with Gasteiger partial charge in [0.1, 0.15) is 5.75 Å². The number of hydrogen-bond donors (Lipinski definition) is 1. The minimum Gasteiger partial charge on any atom is -0.497 e. The maximum atomic E-state index is 5.19. The molecule has 1 N–H and O–H groups in total. The van der Waals surface area contributed by atoms with Crippen molar-refractivity contribution in [2.45, 2.75) is 57.9 Å². The average Bonchev–Trinajstić information content (AvgIpc) is 2.52. The van der Waals surface area contributed by atoms with Crippen molar-refractivity contribution in [1.82, 2.24) is 5.32 Å². The maximum absolute atomic E-state index is 5.19. The second kappa shape index (κ2) is 8.31. The van der Waals surface area contributed by atoms with Crippen LogP contribution in [0.1, 0.15) is 51.0 Å². The van der Waals surface area contributed by atoms with Crippen molar-refractivity contribution >= 4 is 0 Å². The molecule has 0 heterocycles. The summed E-state index contributed by atoms with van der Waals surface area (Å²) < 4.78 is 5.19. The maximum Gasteiger partial charge on any atom is 0.118 e. The van der Waals surface area contributed by atoms with E-state index in [1.165, 1.54) is 50.6 Å². The third kappa shape index (κ3) is 5.16. The standard InChI is InChI=1S/C18H29NO/c1-15(19-14-17-6-4-3-5-7-17)8-9-16-10-12-18(20-2)13-11-16/h10-13,15,17,19H,3-9,14H2,1-2H3/t15-/m1/s1. The van der Waals surface area contributed by atoms with E-state index >= 15 is 0 Å². The van der Waals surface area contributed by atoms with Gasteiger partial charge in [-0.15, -0.1) is 0 Å². The molecule has 0 spiro atoms. The molecular weight excluding hydrogens is 246 g/mol. The molecule has 1 saturated carbocycles. The van der Waals surface area contributed by atoms with Crippen LogP contribution in [0.4, 0.5) is 0 Å². The molecule has 1 atom stereocenters. The van der Waals surface area contributed by atoms with E-state index in [9.17, 15) is 0 Å². The summed E-state index contributed by atoms with van der Waals surface area (Å²) >= 11 is 0. The average molecular weight is 275 g/mol. The van der Waals surface area contributed by atoms with Gasteiger partial charge in [0.15, 0.2) is 0 Å². The zero-order valence-corrected chi connectivity index (χ0v) is 13.0. The Morgan fingerprint density at radius 1 is 1.15 bits per heavy atom. The number of aryl methyl sites for hydroxylation is 1. The predicted octanol–water partition coefficient (Wildman–Crippen LogP) is 4.19. The minimum atomic E-state index is 0.610. The van der Waals surface area contributed by atoms with Crippen LogP contribution in [0.25, 0.3) is 0 Å². The van der Waals surface area contributed by atoms with Crippen LogP contribution in [-0.2, 0) is 6.42 Å². The molecule has 1 aliphatic rings. The number of rotatable bonds is 7. The summed E-state index contributed by atoms with van der Waals surface area (Å²) in [6, 6.07) is 9.06. The monoisotopic (exact) mass is 275 g/mol. The van der Waals surface area contributed by atoms with Crippen LogP contribution in [0.3, 0.4) is 0 Å². The number of ether oxygens (including phenoxy) is 1. The van der Waals surface area contributed by atoms with Crippen LogP contribution >= 0.6 is 0 Å². The van der Waals surface area contributed by atoms with Crippen LogP contribution in [0.15, 0.2) is 24.3 Å². The molecule has 2 nitrogen and oxygen atoms in total. The van der Waals surface area contributed by atoms with Gasteiger partial charge in [0.2, 0.25) is 0 Å². The quantitative estimate of drug-likeness (QED) is 0.806. The first kappa shape index (κ1) is 15.4. The molecule has 1 aliphatic carbocycles. The molecule has 2 rings (SSSR count). The lowest BCUT2D eigenvalue weighted by molar-refractivity contribution is 0.327. The highest BCUT2D eigenvalue weighted by Gasteiger charge is 2.13. The Morgan fingerprint density at radius 2 is 1.85 bits per heavy atom. The van der Waals surface area contributed by atoms with E-state index in [1.54, 1.807) is 7.11 Å². The van der Waals surface area contributed by atoms with Gasteiger partial charge in [0.25, 0.3) is 0 Å². The molecule has 0 aromatic heterocycles. The smallest absolute Gasteiger partial charge is 0.118 e. The van der Waals surface area contributed by atoms with Gasteiger partial charge in [0.05, 0.1) is 7.11 Å². The zero-order valence-electron chi connectivity index (χ0n) is 13.0. The predicted molar refractivity (Wildman–Crippen MR) is 85.4 cm³/mol. The molecule has 0 bridgehead atoms. The van der Waals surface area contributed by atoms with Crippen LogP contribution in [-0.4, -0.2) is 19.7 Å². The summed E-state index contributed by atoms with van der Waals surface area (Å²) in [7, 11) is 1.71. The van der Waals surface area contributed by atoms with Gasteiger partial charge < -0.3 is 10.1 Å². The van der Waals surface area contributed by atoms with E-state index in [-0.39, 0.29) is 0 Å². The largest absolute Gasteiger partial charge is 0.497 e. The Bertz CT molecular complexity index is 368. The van der Waals surface area contributed by atoms with E-state index in [1.807, 2.05) is 0 Å². The van der Waals surface area contributed by atoms with Crippen molar-refractivity contribution in [3.05, 3.63) is 29.8 Å². The van der Waals surface area contributed by atoms with Crippen molar-refractivity contribution in [3.8, 4) is 5.75 Å². The third-order valence-corrected chi connectivity index (χ3v) is 4.50. The summed E-state index contributed by atoms with van der Waals surface area (Å²) in [6.07, 6.45) is 9.53. The molecule has 0 saturated heterocycles. The molecule has 0 amide bonds. The molecular formula is C18H29NO. The highest BCUT2D eigenvalue weighted by atomic mass is 16.5. The summed E-state index contributed by atoms with van der Waals surface area (Å²) in [4.78, 5) is 0. The zero-order chi connectivity index (χ0) is 14.2. The fraction of sp³-hybridized carbons (Fsp3) is 0.667. The Balaban J connectivity index is 1.64. The molecule has 0 radical (unpaired) electrons. The van der Waals surface area contributed by atoms with E-state index in [0.29, 0.717) is 6.04 Å². The van der Waals surface area contributed by atoms with Crippen molar-refractivity contribution in [2.24, 2.45) is 5.92 Å². The van der Waals surface area contributed by atoms with Crippen LogP contribution in [0, 0.1) is 5.92 Å². The van der Waals surface area contributed by atoms with Gasteiger partial charge in [-0.2, -0.15) is 0 Å². The highest BCUT2D eigenvalue weighted by Crippen LogP contribution is 2.23. The molecule has 1 fully saturated rings. The van der Waals surface area contributed by atoms with Crippen molar-refractivity contribution in [1.29, 1.82) is 0 Å². The Labute approximate surface area is 123 Å². The number of methoxy groups -OCH3 is 1. The molecule has 2 heteroatoms. The van der Waals surface area contributed by atoms with Gasteiger partial charge in [-0.25, -0.2) is 0 Å². The molecule has 0 unspecified atom stereocenters. The van der Waals surface area contributed by atoms with Gasteiger partial charge in [-0.05, 0) is 62.8 Å². The van der Waals surface area contributed by atoms with Gasteiger partial charge in [-0.3, -0.25) is 0 Å². The Kier molecular flexibility index (Phi) is 6.38. The molecule has 0 aliphatic heterocycles. The minimum absolute atomic E-state index is 0.610. The van der Waals surface area contributed by atoms with Crippen LogP contribution < -0.4 is 10.1 Å². The fourth-order valence-corrected chi connectivity index (χ4v) is 3.04. The van der Waals surface area contributed by atoms with Crippen molar-refractivity contribution < 1.29 is 4.74 Å². The topological polar surface area (TPSA) is 21.3 Å². The first-order valence-electron chi connectivity index (χ1n) is 8.14. The number of nitrogens with one attached hydrogen (secondary N) is 1. The summed E-state index contributed by atoms with van der Waals surface area (Å²) in [5.74, 6) is 1.87.